The highest BCUT2D eigenvalue weighted by Crippen LogP contribution is 2.25. The highest BCUT2D eigenvalue weighted by Gasteiger charge is 2.26. The SMILES string of the molecule is Cc1nn(C2CCOC2)c(C)c1S(N)(=O)=O. The molecule has 1 aliphatic heterocycles. The van der Waals surface area contributed by atoms with Crippen LogP contribution in [0.4, 0.5) is 0 Å². The van der Waals surface area contributed by atoms with Gasteiger partial charge in [-0.2, -0.15) is 5.10 Å². The topological polar surface area (TPSA) is 87.2 Å². The van der Waals surface area contributed by atoms with E-state index < -0.39 is 10.0 Å². The highest BCUT2D eigenvalue weighted by atomic mass is 32.2. The molecule has 16 heavy (non-hydrogen) atoms. The van der Waals surface area contributed by atoms with E-state index in [2.05, 4.69) is 5.10 Å². The van der Waals surface area contributed by atoms with E-state index in [0.29, 0.717) is 24.6 Å². The number of ether oxygens (including phenoxy) is 1. The van der Waals surface area contributed by atoms with Gasteiger partial charge in [0.05, 0.1) is 24.0 Å². The van der Waals surface area contributed by atoms with Crippen LogP contribution < -0.4 is 5.14 Å². The third kappa shape index (κ3) is 1.85. The lowest BCUT2D eigenvalue weighted by atomic mass is 10.2. The number of hydrogen-bond donors (Lipinski definition) is 1. The Balaban J connectivity index is 2.50. The molecule has 0 radical (unpaired) electrons. The summed E-state index contributed by atoms with van der Waals surface area (Å²) < 4.78 is 29.8. The molecule has 2 heterocycles. The zero-order valence-electron chi connectivity index (χ0n) is 9.30. The van der Waals surface area contributed by atoms with Crippen molar-refractivity contribution in [1.82, 2.24) is 9.78 Å². The van der Waals surface area contributed by atoms with Crippen molar-refractivity contribution >= 4 is 10.0 Å². The van der Waals surface area contributed by atoms with E-state index in [4.69, 9.17) is 9.88 Å². The van der Waals surface area contributed by atoms with Crippen LogP contribution in [0.1, 0.15) is 23.9 Å². The van der Waals surface area contributed by atoms with Gasteiger partial charge in [0.1, 0.15) is 4.90 Å². The van der Waals surface area contributed by atoms with Gasteiger partial charge in [0.15, 0.2) is 0 Å². The Labute approximate surface area is 94.4 Å². The molecule has 1 aromatic heterocycles. The third-order valence-corrected chi connectivity index (χ3v) is 3.95. The predicted octanol–water partition coefficient (Wildman–Crippen LogP) is 0.109. The summed E-state index contributed by atoms with van der Waals surface area (Å²) in [6.07, 6.45) is 0.853. The van der Waals surface area contributed by atoms with Crippen molar-refractivity contribution in [3.63, 3.8) is 0 Å². The highest BCUT2D eigenvalue weighted by molar-refractivity contribution is 7.89. The quantitative estimate of drug-likeness (QED) is 0.801. The van der Waals surface area contributed by atoms with Crippen LogP contribution in [0.2, 0.25) is 0 Å². The van der Waals surface area contributed by atoms with Crippen molar-refractivity contribution in [2.45, 2.75) is 31.2 Å². The average Bonchev–Trinajstić information content (AvgIpc) is 2.71. The van der Waals surface area contributed by atoms with Crippen molar-refractivity contribution < 1.29 is 13.2 Å². The monoisotopic (exact) mass is 245 g/mol. The second-order valence-electron chi connectivity index (χ2n) is 4.01. The van der Waals surface area contributed by atoms with Gasteiger partial charge in [-0.15, -0.1) is 0 Å². The molecule has 2 rings (SSSR count). The molecule has 0 bridgehead atoms. The number of sulfonamides is 1. The Kier molecular flexibility index (Phi) is 2.77. The predicted molar refractivity (Wildman–Crippen MR) is 57.5 cm³/mol. The van der Waals surface area contributed by atoms with Gasteiger partial charge in [-0.1, -0.05) is 0 Å². The number of hydrogen-bond acceptors (Lipinski definition) is 4. The zero-order chi connectivity index (χ0) is 11.9. The number of aryl methyl sites for hydroxylation is 1. The molecule has 7 heteroatoms. The lowest BCUT2D eigenvalue weighted by Gasteiger charge is -2.10. The van der Waals surface area contributed by atoms with Crippen molar-refractivity contribution in [2.24, 2.45) is 5.14 Å². The number of aromatic nitrogens is 2. The normalized spacial score (nSPS) is 21.6. The molecule has 1 unspecified atom stereocenters. The van der Waals surface area contributed by atoms with E-state index in [0.717, 1.165) is 6.42 Å². The molecule has 0 aromatic carbocycles. The van der Waals surface area contributed by atoms with Crippen LogP contribution in [-0.4, -0.2) is 31.4 Å². The summed E-state index contributed by atoms with van der Waals surface area (Å²) in [5.41, 5.74) is 1.04. The number of rotatable bonds is 2. The summed E-state index contributed by atoms with van der Waals surface area (Å²) >= 11 is 0. The van der Waals surface area contributed by atoms with Crippen molar-refractivity contribution in [2.75, 3.05) is 13.2 Å². The fourth-order valence-corrected chi connectivity index (χ4v) is 3.09. The minimum absolute atomic E-state index is 0.120. The molecule has 1 atom stereocenters. The fourth-order valence-electron chi connectivity index (χ4n) is 2.13. The summed E-state index contributed by atoms with van der Waals surface area (Å²) in [5, 5.41) is 9.39. The maximum Gasteiger partial charge on any atom is 0.241 e. The number of nitrogens with zero attached hydrogens (tertiary/aromatic N) is 2. The largest absolute Gasteiger partial charge is 0.379 e. The molecule has 1 aromatic rings. The molecule has 1 aliphatic rings. The van der Waals surface area contributed by atoms with E-state index >= 15 is 0 Å². The standard InChI is InChI=1S/C9H15N3O3S/c1-6-9(16(10,13)14)7(2)12(11-6)8-3-4-15-5-8/h8H,3-5H2,1-2H3,(H2,10,13,14). The lowest BCUT2D eigenvalue weighted by Crippen LogP contribution is -2.16. The molecule has 2 N–H and O–H groups in total. The van der Waals surface area contributed by atoms with Gasteiger partial charge in [0.25, 0.3) is 0 Å². The Morgan fingerprint density at radius 2 is 2.19 bits per heavy atom. The summed E-state index contributed by atoms with van der Waals surface area (Å²) in [6.45, 7) is 4.64. The first-order valence-electron chi connectivity index (χ1n) is 5.07. The first-order valence-corrected chi connectivity index (χ1v) is 6.62. The van der Waals surface area contributed by atoms with Crippen LogP contribution in [0.3, 0.4) is 0 Å². The van der Waals surface area contributed by atoms with Crippen LogP contribution in [0, 0.1) is 13.8 Å². The Morgan fingerprint density at radius 1 is 1.50 bits per heavy atom. The third-order valence-electron chi connectivity index (χ3n) is 2.79. The molecule has 0 saturated carbocycles. The van der Waals surface area contributed by atoms with Crippen LogP contribution in [0.5, 0.6) is 0 Å². The van der Waals surface area contributed by atoms with Crippen LogP contribution >= 0.6 is 0 Å². The molecule has 0 spiro atoms. The van der Waals surface area contributed by atoms with Gasteiger partial charge >= 0.3 is 0 Å². The van der Waals surface area contributed by atoms with Crippen LogP contribution in [0.15, 0.2) is 4.90 Å². The van der Waals surface area contributed by atoms with E-state index in [-0.39, 0.29) is 10.9 Å². The maximum absolute atomic E-state index is 11.4. The minimum Gasteiger partial charge on any atom is -0.379 e. The van der Waals surface area contributed by atoms with Crippen molar-refractivity contribution in [3.8, 4) is 0 Å². The van der Waals surface area contributed by atoms with Gasteiger partial charge in [-0.05, 0) is 20.3 Å². The van der Waals surface area contributed by atoms with Gasteiger partial charge in [0, 0.05) is 6.61 Å². The Morgan fingerprint density at radius 3 is 2.62 bits per heavy atom. The van der Waals surface area contributed by atoms with Gasteiger partial charge in [-0.3, -0.25) is 4.68 Å². The first kappa shape index (κ1) is 11.6. The van der Waals surface area contributed by atoms with Crippen LogP contribution in [-0.2, 0) is 14.8 Å². The van der Waals surface area contributed by atoms with Crippen molar-refractivity contribution in [3.05, 3.63) is 11.4 Å². The smallest absolute Gasteiger partial charge is 0.241 e. The minimum atomic E-state index is -3.70. The molecular formula is C9H15N3O3S. The Bertz CT molecular complexity index is 500. The van der Waals surface area contributed by atoms with E-state index in [9.17, 15) is 8.42 Å². The molecule has 1 saturated heterocycles. The van der Waals surface area contributed by atoms with Gasteiger partial charge in [0.2, 0.25) is 10.0 Å². The van der Waals surface area contributed by atoms with E-state index in [1.165, 1.54) is 0 Å². The number of nitrogens with two attached hydrogens (primary N) is 1. The fraction of sp³-hybridized carbons (Fsp3) is 0.667. The zero-order valence-corrected chi connectivity index (χ0v) is 10.1. The number of primary sulfonamides is 1. The molecule has 0 amide bonds. The average molecular weight is 245 g/mol. The second kappa shape index (κ2) is 3.83. The first-order chi connectivity index (χ1) is 7.41. The molecule has 0 aliphatic carbocycles. The van der Waals surface area contributed by atoms with Gasteiger partial charge in [-0.25, -0.2) is 13.6 Å². The molecular weight excluding hydrogens is 230 g/mol. The summed E-state index contributed by atoms with van der Waals surface area (Å²) in [4.78, 5) is 0.138. The van der Waals surface area contributed by atoms with Crippen molar-refractivity contribution in [1.29, 1.82) is 0 Å². The Hall–Kier alpha value is -0.920. The van der Waals surface area contributed by atoms with E-state index in [1.54, 1.807) is 18.5 Å². The van der Waals surface area contributed by atoms with Crippen LogP contribution in [0.25, 0.3) is 0 Å². The summed E-state index contributed by atoms with van der Waals surface area (Å²) in [7, 11) is -3.70. The maximum atomic E-state index is 11.4. The molecule has 1 fully saturated rings. The summed E-state index contributed by atoms with van der Waals surface area (Å²) in [5.74, 6) is 0. The molecule has 6 nitrogen and oxygen atoms in total. The van der Waals surface area contributed by atoms with E-state index in [1.807, 2.05) is 0 Å². The lowest BCUT2D eigenvalue weighted by molar-refractivity contribution is 0.184. The van der Waals surface area contributed by atoms with Gasteiger partial charge < -0.3 is 4.74 Å². The molecule has 90 valence electrons. The second-order valence-corrected chi connectivity index (χ2v) is 5.51. The summed E-state index contributed by atoms with van der Waals surface area (Å²) in [6, 6.07) is 0.120.